The fourth-order valence-corrected chi connectivity index (χ4v) is 3.23. The van der Waals surface area contributed by atoms with Crippen molar-refractivity contribution in [1.82, 2.24) is 10.9 Å². The molecule has 1 aliphatic heterocycles. The third-order valence-corrected chi connectivity index (χ3v) is 4.72. The zero-order valence-electron chi connectivity index (χ0n) is 14.1. The maximum Gasteiger partial charge on any atom is 0.243 e. The van der Waals surface area contributed by atoms with E-state index in [1.54, 1.807) is 18.7 Å². The van der Waals surface area contributed by atoms with Crippen molar-refractivity contribution in [2.24, 2.45) is 11.8 Å². The minimum atomic E-state index is -0.446. The summed E-state index contributed by atoms with van der Waals surface area (Å²) >= 11 is 0. The van der Waals surface area contributed by atoms with Crippen molar-refractivity contribution in [2.45, 2.75) is 39.5 Å². The molecular formula is C18H23N3O3. The Bertz CT molecular complexity index is 684. The van der Waals surface area contributed by atoms with E-state index in [2.05, 4.69) is 23.0 Å². The summed E-state index contributed by atoms with van der Waals surface area (Å²) in [6.07, 6.45) is 3.48. The van der Waals surface area contributed by atoms with Gasteiger partial charge in [0.15, 0.2) is 0 Å². The van der Waals surface area contributed by atoms with Crippen molar-refractivity contribution >= 4 is 23.4 Å². The van der Waals surface area contributed by atoms with Crippen molar-refractivity contribution in [3.8, 4) is 0 Å². The van der Waals surface area contributed by atoms with Gasteiger partial charge in [-0.2, -0.15) is 0 Å². The molecule has 2 aliphatic rings. The summed E-state index contributed by atoms with van der Waals surface area (Å²) in [6, 6.07) is 6.12. The van der Waals surface area contributed by atoms with Gasteiger partial charge < -0.3 is 4.90 Å². The Kier molecular flexibility index (Phi) is 4.55. The quantitative estimate of drug-likeness (QED) is 0.821. The lowest BCUT2D eigenvalue weighted by Gasteiger charge is -2.18. The number of hydrazine groups is 1. The maximum absolute atomic E-state index is 12.3. The van der Waals surface area contributed by atoms with Crippen LogP contribution in [0.25, 0.3) is 0 Å². The summed E-state index contributed by atoms with van der Waals surface area (Å²) in [5.74, 6) is -1.27. The molecule has 2 N–H and O–H groups in total. The monoisotopic (exact) mass is 329 g/mol. The first-order valence-corrected chi connectivity index (χ1v) is 8.47. The van der Waals surface area contributed by atoms with E-state index >= 15 is 0 Å². The molecule has 24 heavy (non-hydrogen) atoms. The van der Waals surface area contributed by atoms with Crippen molar-refractivity contribution in [3.05, 3.63) is 29.3 Å². The lowest BCUT2D eigenvalue weighted by atomic mass is 10.1. The number of fused-ring (bicyclic) bond motifs is 1. The van der Waals surface area contributed by atoms with E-state index in [0.29, 0.717) is 6.54 Å². The number of benzene rings is 1. The van der Waals surface area contributed by atoms with Gasteiger partial charge in [0.25, 0.3) is 0 Å². The molecule has 1 atom stereocenters. The minimum Gasteiger partial charge on any atom is -0.312 e. The van der Waals surface area contributed by atoms with E-state index in [-0.39, 0.29) is 30.1 Å². The molecule has 3 amide bonds. The van der Waals surface area contributed by atoms with Crippen LogP contribution in [0.2, 0.25) is 0 Å². The average molecular weight is 329 g/mol. The second kappa shape index (κ2) is 6.63. The Hall–Kier alpha value is -2.37. The highest BCUT2D eigenvalue weighted by Gasteiger charge is 2.35. The Morgan fingerprint density at radius 2 is 1.92 bits per heavy atom. The van der Waals surface area contributed by atoms with Crippen LogP contribution in [-0.4, -0.2) is 24.3 Å². The van der Waals surface area contributed by atoms with Crippen LogP contribution in [-0.2, 0) is 27.2 Å². The van der Waals surface area contributed by atoms with Gasteiger partial charge in [-0.1, -0.05) is 19.9 Å². The number of hydrogen-bond donors (Lipinski definition) is 2. The first kappa shape index (κ1) is 16.5. The van der Waals surface area contributed by atoms with Gasteiger partial charge in [0.2, 0.25) is 17.7 Å². The molecule has 0 spiro atoms. The number of nitrogens with one attached hydrogen (secondary N) is 2. The van der Waals surface area contributed by atoms with Gasteiger partial charge in [0.1, 0.15) is 0 Å². The number of anilines is 1. The molecule has 1 aliphatic carbocycles. The average Bonchev–Trinajstić information content (AvgIpc) is 3.17. The fraction of sp³-hybridized carbons (Fsp3) is 0.500. The number of rotatable bonds is 3. The smallest absolute Gasteiger partial charge is 0.243 e. The zero-order chi connectivity index (χ0) is 17.3. The minimum absolute atomic E-state index is 0.0525. The topological polar surface area (TPSA) is 78.5 Å². The van der Waals surface area contributed by atoms with E-state index < -0.39 is 5.92 Å². The van der Waals surface area contributed by atoms with Gasteiger partial charge in [-0.25, -0.2) is 0 Å². The van der Waals surface area contributed by atoms with E-state index in [9.17, 15) is 14.4 Å². The Labute approximate surface area is 141 Å². The lowest BCUT2D eigenvalue weighted by molar-refractivity contribution is -0.132. The standard InChI is InChI=1S/C18H23N3O3/c1-11(2)17(23)19-20-18(24)14-9-16(22)21(10-14)15-7-6-12-4-3-5-13(12)8-15/h6-8,11,14H,3-5,9-10H2,1-2H3,(H,19,23)(H,20,24)/t14-/m1/s1. The van der Waals surface area contributed by atoms with Crippen LogP contribution in [0, 0.1) is 11.8 Å². The van der Waals surface area contributed by atoms with Crippen LogP contribution >= 0.6 is 0 Å². The normalized spacial score (nSPS) is 19.5. The first-order chi connectivity index (χ1) is 11.5. The van der Waals surface area contributed by atoms with Crippen LogP contribution in [0.5, 0.6) is 0 Å². The largest absolute Gasteiger partial charge is 0.312 e. The van der Waals surface area contributed by atoms with Crippen molar-refractivity contribution in [2.75, 3.05) is 11.4 Å². The van der Waals surface area contributed by atoms with Crippen LogP contribution in [0.1, 0.15) is 37.8 Å². The highest BCUT2D eigenvalue weighted by molar-refractivity contribution is 6.00. The third kappa shape index (κ3) is 3.27. The van der Waals surface area contributed by atoms with Gasteiger partial charge in [0, 0.05) is 24.6 Å². The van der Waals surface area contributed by atoms with Crippen LogP contribution < -0.4 is 15.8 Å². The van der Waals surface area contributed by atoms with Gasteiger partial charge >= 0.3 is 0 Å². The number of aryl methyl sites for hydroxylation is 2. The van der Waals surface area contributed by atoms with Crippen molar-refractivity contribution in [1.29, 1.82) is 0 Å². The van der Waals surface area contributed by atoms with Crippen molar-refractivity contribution in [3.63, 3.8) is 0 Å². The lowest BCUT2D eigenvalue weighted by Crippen LogP contribution is -2.46. The number of hydrogen-bond acceptors (Lipinski definition) is 3. The Morgan fingerprint density at radius 1 is 1.17 bits per heavy atom. The fourth-order valence-electron chi connectivity index (χ4n) is 3.23. The number of carbonyl (C=O) groups is 3. The molecule has 1 heterocycles. The molecule has 6 heteroatoms. The number of carbonyl (C=O) groups excluding carboxylic acids is 3. The molecule has 0 aromatic heterocycles. The number of nitrogens with zero attached hydrogens (tertiary/aromatic N) is 1. The highest BCUT2D eigenvalue weighted by Crippen LogP contribution is 2.30. The SMILES string of the molecule is CC(C)C(=O)NNC(=O)[C@@H]1CC(=O)N(c2ccc3c(c2)CCC3)C1. The van der Waals surface area contributed by atoms with Gasteiger partial charge in [0.05, 0.1) is 5.92 Å². The van der Waals surface area contributed by atoms with E-state index in [4.69, 9.17) is 0 Å². The zero-order valence-corrected chi connectivity index (χ0v) is 14.1. The highest BCUT2D eigenvalue weighted by atomic mass is 16.2. The second-order valence-corrected chi connectivity index (χ2v) is 6.85. The molecule has 0 saturated carbocycles. The summed E-state index contributed by atoms with van der Waals surface area (Å²) in [6.45, 7) is 3.84. The Morgan fingerprint density at radius 3 is 2.67 bits per heavy atom. The molecule has 1 fully saturated rings. The summed E-state index contributed by atoms with van der Waals surface area (Å²) in [4.78, 5) is 37.7. The Balaban J connectivity index is 1.63. The molecule has 1 aromatic rings. The molecule has 1 saturated heterocycles. The summed E-state index contributed by atoms with van der Waals surface area (Å²) < 4.78 is 0. The van der Waals surface area contributed by atoms with Crippen LogP contribution in [0.15, 0.2) is 18.2 Å². The van der Waals surface area contributed by atoms with Crippen LogP contribution in [0.3, 0.4) is 0 Å². The van der Waals surface area contributed by atoms with E-state index in [0.717, 1.165) is 24.9 Å². The molecule has 0 bridgehead atoms. The molecule has 0 unspecified atom stereocenters. The number of amides is 3. The van der Waals surface area contributed by atoms with Crippen molar-refractivity contribution < 1.29 is 14.4 Å². The summed E-state index contributed by atoms with van der Waals surface area (Å²) in [5, 5.41) is 0. The molecule has 0 radical (unpaired) electrons. The molecule has 3 rings (SSSR count). The van der Waals surface area contributed by atoms with E-state index in [1.807, 2.05) is 6.07 Å². The van der Waals surface area contributed by atoms with E-state index in [1.165, 1.54) is 11.1 Å². The molecular weight excluding hydrogens is 306 g/mol. The maximum atomic E-state index is 12.3. The predicted octanol–water partition coefficient (Wildman–Crippen LogP) is 1.33. The molecule has 128 valence electrons. The van der Waals surface area contributed by atoms with Gasteiger partial charge in [-0.05, 0) is 42.5 Å². The summed E-state index contributed by atoms with van der Waals surface area (Å²) in [5.41, 5.74) is 8.34. The first-order valence-electron chi connectivity index (χ1n) is 8.47. The second-order valence-electron chi connectivity index (χ2n) is 6.85. The van der Waals surface area contributed by atoms with Gasteiger partial charge in [-0.15, -0.1) is 0 Å². The van der Waals surface area contributed by atoms with Crippen LogP contribution in [0.4, 0.5) is 5.69 Å². The predicted molar refractivity (Wildman–Crippen MR) is 90.1 cm³/mol. The summed E-state index contributed by atoms with van der Waals surface area (Å²) in [7, 11) is 0. The molecule has 1 aromatic carbocycles. The van der Waals surface area contributed by atoms with Gasteiger partial charge in [-0.3, -0.25) is 25.2 Å². The molecule has 6 nitrogen and oxygen atoms in total. The third-order valence-electron chi connectivity index (χ3n) is 4.72.